The fraction of sp³-hybridized carbons (Fsp3) is 1.00. The van der Waals surface area contributed by atoms with Crippen LogP contribution in [0.5, 0.6) is 0 Å². The summed E-state index contributed by atoms with van der Waals surface area (Å²) in [6.45, 7) is 4.44. The van der Waals surface area contributed by atoms with Gasteiger partial charge in [0.1, 0.15) is 0 Å². The first-order valence-electron chi connectivity index (χ1n) is 7.22. The van der Waals surface area contributed by atoms with Gasteiger partial charge in [0.2, 0.25) is 0 Å². The van der Waals surface area contributed by atoms with Gasteiger partial charge in [-0.05, 0) is 32.2 Å². The van der Waals surface area contributed by atoms with Crippen molar-refractivity contribution in [3.05, 3.63) is 0 Å². The summed E-state index contributed by atoms with van der Waals surface area (Å²) < 4.78 is 5.43. The monoisotopic (exact) mass is 257 g/mol. The number of rotatable bonds is 6. The van der Waals surface area contributed by atoms with Gasteiger partial charge < -0.3 is 9.64 Å². The van der Waals surface area contributed by atoms with Crippen molar-refractivity contribution in [2.75, 3.05) is 39.1 Å². The zero-order valence-electron chi connectivity index (χ0n) is 11.2. The third-order valence-corrected chi connectivity index (χ3v) is 5.33. The highest BCUT2D eigenvalue weighted by atomic mass is 32.2. The van der Waals surface area contributed by atoms with Gasteiger partial charge in [-0.15, -0.1) is 0 Å². The van der Waals surface area contributed by atoms with Crippen LogP contribution in [0.25, 0.3) is 0 Å². The van der Waals surface area contributed by atoms with E-state index in [1.165, 1.54) is 57.4 Å². The van der Waals surface area contributed by atoms with Crippen molar-refractivity contribution in [1.82, 2.24) is 4.90 Å². The maximum absolute atomic E-state index is 5.43. The second kappa shape index (κ2) is 7.65. The van der Waals surface area contributed by atoms with Crippen LogP contribution in [-0.4, -0.2) is 49.3 Å². The summed E-state index contributed by atoms with van der Waals surface area (Å²) in [5, 5.41) is 0.965. The van der Waals surface area contributed by atoms with Gasteiger partial charge in [-0.1, -0.05) is 19.3 Å². The Morgan fingerprint density at radius 2 is 2.00 bits per heavy atom. The minimum atomic E-state index is 0.791. The lowest BCUT2D eigenvalue weighted by Crippen LogP contribution is -2.28. The quantitative estimate of drug-likeness (QED) is 0.726. The van der Waals surface area contributed by atoms with E-state index in [9.17, 15) is 0 Å². The molecule has 2 nitrogen and oxygen atoms in total. The van der Waals surface area contributed by atoms with E-state index in [1.807, 2.05) is 0 Å². The molecule has 0 N–H and O–H groups in total. The van der Waals surface area contributed by atoms with Crippen molar-refractivity contribution in [2.24, 2.45) is 5.92 Å². The van der Waals surface area contributed by atoms with Crippen LogP contribution in [0.15, 0.2) is 0 Å². The molecule has 1 saturated carbocycles. The van der Waals surface area contributed by atoms with Crippen LogP contribution < -0.4 is 0 Å². The fourth-order valence-corrected chi connectivity index (χ4v) is 4.28. The molecule has 0 aromatic rings. The Morgan fingerprint density at radius 1 is 1.18 bits per heavy atom. The predicted molar refractivity (Wildman–Crippen MR) is 75.8 cm³/mol. The molecule has 17 heavy (non-hydrogen) atoms. The standard InChI is InChI=1S/C14H27NOS/c1-15(11-13-7-9-16-12-13)8-10-17-14-5-3-2-4-6-14/h13-14H,2-12H2,1H3/t13-/m1/s1. The topological polar surface area (TPSA) is 12.5 Å². The molecule has 1 aliphatic heterocycles. The molecule has 2 fully saturated rings. The summed E-state index contributed by atoms with van der Waals surface area (Å²) in [7, 11) is 2.26. The maximum atomic E-state index is 5.43. The number of hydrogen-bond donors (Lipinski definition) is 0. The fourth-order valence-electron chi connectivity index (χ4n) is 2.87. The van der Waals surface area contributed by atoms with Gasteiger partial charge in [-0.2, -0.15) is 11.8 Å². The van der Waals surface area contributed by atoms with E-state index >= 15 is 0 Å². The Kier molecular flexibility index (Phi) is 6.16. The molecular formula is C14H27NOS. The normalized spacial score (nSPS) is 26.8. The summed E-state index contributed by atoms with van der Waals surface area (Å²) in [6, 6.07) is 0. The second-order valence-corrected chi connectivity index (χ2v) is 7.03. The molecule has 2 rings (SSSR count). The van der Waals surface area contributed by atoms with E-state index in [2.05, 4.69) is 23.7 Å². The first-order valence-corrected chi connectivity index (χ1v) is 8.27. The molecule has 0 bridgehead atoms. The first-order chi connectivity index (χ1) is 8.34. The van der Waals surface area contributed by atoms with E-state index in [-0.39, 0.29) is 0 Å². The summed E-state index contributed by atoms with van der Waals surface area (Å²) in [4.78, 5) is 2.50. The molecular weight excluding hydrogens is 230 g/mol. The predicted octanol–water partition coefficient (Wildman–Crippen LogP) is 3.02. The Labute approximate surface area is 110 Å². The van der Waals surface area contributed by atoms with Gasteiger partial charge in [-0.3, -0.25) is 0 Å². The number of ether oxygens (including phenoxy) is 1. The molecule has 3 heteroatoms. The molecule has 0 spiro atoms. The second-order valence-electron chi connectivity index (χ2n) is 5.62. The van der Waals surface area contributed by atoms with Crippen molar-refractivity contribution < 1.29 is 4.74 Å². The average Bonchev–Trinajstić information content (AvgIpc) is 2.83. The molecule has 1 atom stereocenters. The molecule has 100 valence electrons. The smallest absolute Gasteiger partial charge is 0.0507 e. The first kappa shape index (κ1) is 13.7. The van der Waals surface area contributed by atoms with E-state index in [4.69, 9.17) is 4.74 Å². The van der Waals surface area contributed by atoms with Crippen molar-refractivity contribution >= 4 is 11.8 Å². The summed E-state index contributed by atoms with van der Waals surface area (Å²) in [6.07, 6.45) is 8.59. The number of nitrogens with zero attached hydrogens (tertiary/aromatic N) is 1. The maximum Gasteiger partial charge on any atom is 0.0507 e. The lowest BCUT2D eigenvalue weighted by atomic mass is 10.0. The summed E-state index contributed by atoms with van der Waals surface area (Å²) in [5.41, 5.74) is 0. The molecule has 1 saturated heterocycles. The Morgan fingerprint density at radius 3 is 2.71 bits per heavy atom. The van der Waals surface area contributed by atoms with Crippen molar-refractivity contribution in [3.63, 3.8) is 0 Å². The van der Waals surface area contributed by atoms with E-state index < -0.39 is 0 Å². The SMILES string of the molecule is CN(CCSC1CCCCC1)C[C@H]1CCOC1. The van der Waals surface area contributed by atoms with Crippen LogP contribution >= 0.6 is 11.8 Å². The Hall–Kier alpha value is 0.270. The molecule has 2 aliphatic rings. The molecule has 0 aromatic carbocycles. The Balaban J connectivity index is 1.51. The molecule has 0 aromatic heterocycles. The van der Waals surface area contributed by atoms with Gasteiger partial charge in [0.05, 0.1) is 6.61 Å². The van der Waals surface area contributed by atoms with Gasteiger partial charge in [0.15, 0.2) is 0 Å². The third-order valence-electron chi connectivity index (χ3n) is 3.97. The van der Waals surface area contributed by atoms with Crippen molar-refractivity contribution in [2.45, 2.75) is 43.8 Å². The molecule has 1 aliphatic carbocycles. The lowest BCUT2D eigenvalue weighted by Gasteiger charge is -2.23. The highest BCUT2D eigenvalue weighted by Gasteiger charge is 2.18. The molecule has 0 radical (unpaired) electrons. The van der Waals surface area contributed by atoms with Crippen LogP contribution in [0.1, 0.15) is 38.5 Å². The van der Waals surface area contributed by atoms with Crippen LogP contribution in [0.4, 0.5) is 0 Å². The zero-order chi connectivity index (χ0) is 11.9. The third kappa shape index (κ3) is 5.19. The van der Waals surface area contributed by atoms with Crippen LogP contribution in [0.2, 0.25) is 0 Å². The number of hydrogen-bond acceptors (Lipinski definition) is 3. The largest absolute Gasteiger partial charge is 0.381 e. The van der Waals surface area contributed by atoms with Gasteiger partial charge >= 0.3 is 0 Å². The van der Waals surface area contributed by atoms with Gasteiger partial charge in [0, 0.05) is 30.7 Å². The van der Waals surface area contributed by atoms with E-state index in [0.29, 0.717) is 0 Å². The Bertz CT molecular complexity index is 200. The zero-order valence-corrected chi connectivity index (χ0v) is 12.0. The molecule has 0 unspecified atom stereocenters. The highest BCUT2D eigenvalue weighted by Crippen LogP contribution is 2.28. The van der Waals surface area contributed by atoms with Crippen molar-refractivity contribution in [1.29, 1.82) is 0 Å². The minimum absolute atomic E-state index is 0.791. The van der Waals surface area contributed by atoms with Crippen LogP contribution in [0, 0.1) is 5.92 Å². The van der Waals surface area contributed by atoms with Gasteiger partial charge in [-0.25, -0.2) is 0 Å². The van der Waals surface area contributed by atoms with Crippen LogP contribution in [-0.2, 0) is 4.74 Å². The molecule has 1 heterocycles. The van der Waals surface area contributed by atoms with E-state index in [1.54, 1.807) is 0 Å². The summed E-state index contributed by atoms with van der Waals surface area (Å²) >= 11 is 2.21. The average molecular weight is 257 g/mol. The lowest BCUT2D eigenvalue weighted by molar-refractivity contribution is 0.175. The number of thioether (sulfide) groups is 1. The molecule has 0 amide bonds. The van der Waals surface area contributed by atoms with E-state index in [0.717, 1.165) is 24.4 Å². The summed E-state index contributed by atoms with van der Waals surface area (Å²) in [5.74, 6) is 2.11. The van der Waals surface area contributed by atoms with Gasteiger partial charge in [0.25, 0.3) is 0 Å². The minimum Gasteiger partial charge on any atom is -0.381 e. The highest BCUT2D eigenvalue weighted by molar-refractivity contribution is 7.99. The van der Waals surface area contributed by atoms with Crippen LogP contribution in [0.3, 0.4) is 0 Å². The van der Waals surface area contributed by atoms with Crippen molar-refractivity contribution in [3.8, 4) is 0 Å².